The number of carbonyl (C=O) groups excluding carboxylic acids is 1. The van der Waals surface area contributed by atoms with Crippen LogP contribution in [-0.2, 0) is 9.53 Å². The van der Waals surface area contributed by atoms with Crippen molar-refractivity contribution in [1.29, 1.82) is 0 Å². The Bertz CT molecular complexity index is 394. The molecule has 0 aromatic rings. The van der Waals surface area contributed by atoms with Gasteiger partial charge in [0.1, 0.15) is 0 Å². The minimum Gasteiger partial charge on any atom is -0.464 e. The van der Waals surface area contributed by atoms with Crippen LogP contribution in [0.5, 0.6) is 0 Å². The Morgan fingerprint density at radius 3 is 1.42 bits per heavy atom. The molecule has 0 atom stereocenters. The van der Waals surface area contributed by atoms with E-state index in [1.807, 2.05) is 0 Å². The number of ether oxygens (including phenoxy) is 1. The van der Waals surface area contributed by atoms with Gasteiger partial charge in [0.05, 0.1) is 7.11 Å². The predicted octanol–water partition coefficient (Wildman–Crippen LogP) is 4.32. The summed E-state index contributed by atoms with van der Waals surface area (Å²) in [6.45, 7) is 0. The molecule has 0 aromatic heterocycles. The molecule has 0 fully saturated rings. The van der Waals surface area contributed by atoms with Crippen LogP contribution in [0.25, 0.3) is 0 Å². The molecule has 19 heavy (non-hydrogen) atoms. The van der Waals surface area contributed by atoms with E-state index in [4.69, 9.17) is 0 Å². The highest BCUT2D eigenvalue weighted by Crippen LogP contribution is 3.06. The van der Waals surface area contributed by atoms with Gasteiger partial charge in [-0.25, -0.2) is 4.79 Å². The number of carbonyl (C=O) groups is 1. The largest absolute Gasteiger partial charge is 0.464 e. The van der Waals surface area contributed by atoms with Gasteiger partial charge in [-0.3, -0.25) is 0 Å². The zero-order valence-corrected chi connectivity index (χ0v) is 9.20. The number of hydrogen-bond acceptors (Lipinski definition) is 2. The fourth-order valence-electron chi connectivity index (χ4n) is 0.681. The first-order valence-corrected chi connectivity index (χ1v) is 5.63. The van der Waals surface area contributed by atoms with E-state index < -0.39 is 33.3 Å². The first-order valence-electron chi connectivity index (χ1n) is 3.68. The number of hydrogen-bond donors (Lipinski definition) is 0. The summed E-state index contributed by atoms with van der Waals surface area (Å²) in [5.41, 5.74) is 0. The van der Waals surface area contributed by atoms with E-state index in [1.54, 1.807) is 0 Å². The van der Waals surface area contributed by atoms with Crippen molar-refractivity contribution in [2.24, 2.45) is 0 Å². The third kappa shape index (κ3) is 2.41. The fourth-order valence-corrected chi connectivity index (χ4v) is 1.29. The second-order valence-electron chi connectivity index (χ2n) is 3.13. The van der Waals surface area contributed by atoms with E-state index in [2.05, 4.69) is 4.74 Å². The number of alkyl halides is 6. The van der Waals surface area contributed by atoms with Crippen LogP contribution in [0.3, 0.4) is 0 Å². The molecule has 0 aliphatic rings. The highest BCUT2D eigenvalue weighted by Gasteiger charge is 2.96. The predicted molar refractivity (Wildman–Crippen MR) is 40.0 cm³/mol. The molecule has 0 saturated carbocycles. The standard InChI is InChI=1S/C5H3F11O2S/c1-18-2(17)3(6,7)4(8,9)5(10,11)19(12,13,14,15)16/h1H3. The maximum absolute atomic E-state index is 12.4. The van der Waals surface area contributed by atoms with E-state index in [1.165, 1.54) is 0 Å². The van der Waals surface area contributed by atoms with Crippen LogP contribution in [0.15, 0.2) is 0 Å². The molecule has 0 saturated heterocycles. The van der Waals surface area contributed by atoms with Gasteiger partial charge >= 0.3 is 33.3 Å². The van der Waals surface area contributed by atoms with Crippen LogP contribution in [0.1, 0.15) is 0 Å². The molecule has 0 N–H and O–H groups in total. The maximum Gasteiger partial charge on any atom is 0.450 e. The Balaban J connectivity index is 6.17. The molecule has 0 heterocycles. The summed E-state index contributed by atoms with van der Waals surface area (Å²) in [5.74, 6) is -18.1. The minimum atomic E-state index is -12.4. The third-order valence-corrected chi connectivity index (χ3v) is 2.91. The summed E-state index contributed by atoms with van der Waals surface area (Å²) in [6.07, 6.45) is 0. The van der Waals surface area contributed by atoms with Crippen LogP contribution in [-0.4, -0.2) is 30.2 Å². The van der Waals surface area contributed by atoms with Gasteiger partial charge in [-0.05, 0) is 0 Å². The first-order chi connectivity index (χ1) is 7.73. The van der Waals surface area contributed by atoms with Crippen molar-refractivity contribution in [3.63, 3.8) is 0 Å². The van der Waals surface area contributed by atoms with Crippen LogP contribution in [0.2, 0.25) is 0 Å². The number of halogens is 11. The summed E-state index contributed by atoms with van der Waals surface area (Å²) in [4.78, 5) is 10.1. The van der Waals surface area contributed by atoms with Crippen LogP contribution >= 0.6 is 10.2 Å². The molecule has 0 aliphatic heterocycles. The smallest absolute Gasteiger partial charge is 0.450 e. The molecule has 0 rings (SSSR count). The monoisotopic (exact) mass is 336 g/mol. The first kappa shape index (κ1) is 18.0. The molecule has 0 radical (unpaired) electrons. The number of methoxy groups -OCH3 is 1. The Morgan fingerprint density at radius 2 is 1.21 bits per heavy atom. The number of esters is 1. The van der Waals surface area contributed by atoms with Gasteiger partial charge in [-0.1, -0.05) is 19.4 Å². The molecule has 0 bridgehead atoms. The van der Waals surface area contributed by atoms with Crippen molar-refractivity contribution in [3.05, 3.63) is 0 Å². The van der Waals surface area contributed by atoms with E-state index in [0.29, 0.717) is 0 Å². The minimum absolute atomic E-state index is 0.0514. The summed E-state index contributed by atoms with van der Waals surface area (Å²) in [7, 11) is -12.4. The number of rotatable bonds is 4. The molecule has 0 amide bonds. The lowest BCUT2D eigenvalue weighted by Gasteiger charge is -2.48. The van der Waals surface area contributed by atoms with Gasteiger partial charge in [0.2, 0.25) is 0 Å². The van der Waals surface area contributed by atoms with E-state index in [0.717, 1.165) is 0 Å². The van der Waals surface area contributed by atoms with E-state index in [9.17, 15) is 50.6 Å². The second kappa shape index (κ2) is 3.38. The summed E-state index contributed by atoms with van der Waals surface area (Å²) < 4.78 is 135. The van der Waals surface area contributed by atoms with Gasteiger partial charge in [-0.15, -0.1) is 0 Å². The zero-order chi connectivity index (χ0) is 16.2. The van der Waals surface area contributed by atoms with Gasteiger partial charge in [0, 0.05) is 0 Å². The Hall–Kier alpha value is -0.950. The fraction of sp³-hybridized carbons (Fsp3) is 0.800. The topological polar surface area (TPSA) is 26.3 Å². The Morgan fingerprint density at radius 1 is 0.895 bits per heavy atom. The average Bonchev–Trinajstić information content (AvgIpc) is 2.11. The molecule has 14 heteroatoms. The molecule has 2 nitrogen and oxygen atoms in total. The van der Waals surface area contributed by atoms with Crippen molar-refractivity contribution < 1.29 is 55.3 Å². The lowest BCUT2D eigenvalue weighted by atomic mass is 10.2. The summed E-state index contributed by atoms with van der Waals surface area (Å²) in [5, 5.41) is -8.43. The molecule has 0 unspecified atom stereocenters. The molecule has 0 spiro atoms. The molecule has 0 aromatic carbocycles. The van der Waals surface area contributed by atoms with Gasteiger partial charge in [0.15, 0.2) is 0 Å². The van der Waals surface area contributed by atoms with Crippen molar-refractivity contribution in [2.45, 2.75) is 17.1 Å². The summed E-state index contributed by atoms with van der Waals surface area (Å²) >= 11 is 0. The average molecular weight is 336 g/mol. The highest BCUT2D eigenvalue weighted by atomic mass is 32.5. The lowest BCUT2D eigenvalue weighted by Crippen LogP contribution is -2.61. The van der Waals surface area contributed by atoms with Crippen LogP contribution in [0.4, 0.5) is 45.8 Å². The Kier molecular flexibility index (Phi) is 3.21. The SMILES string of the molecule is COC(=O)C(F)(F)C(F)(F)C(F)(F)S(F)(F)(F)(F)F. The normalized spacial score (nSPS) is 18.5. The second-order valence-corrected chi connectivity index (χ2v) is 5.58. The van der Waals surface area contributed by atoms with E-state index in [-0.39, 0.29) is 7.11 Å². The molecule has 0 aliphatic carbocycles. The molecular formula is C5H3F11O2S. The van der Waals surface area contributed by atoms with Crippen molar-refractivity contribution in [1.82, 2.24) is 0 Å². The summed E-state index contributed by atoms with van der Waals surface area (Å²) in [6, 6.07) is 0. The maximum atomic E-state index is 12.4. The third-order valence-electron chi connectivity index (χ3n) is 1.69. The quantitative estimate of drug-likeness (QED) is 0.565. The lowest BCUT2D eigenvalue weighted by molar-refractivity contribution is -0.284. The molecular weight excluding hydrogens is 333 g/mol. The van der Waals surface area contributed by atoms with E-state index >= 15 is 0 Å². The van der Waals surface area contributed by atoms with Crippen LogP contribution < -0.4 is 0 Å². The van der Waals surface area contributed by atoms with Crippen molar-refractivity contribution >= 4 is 16.2 Å². The Labute approximate surface area is 96.8 Å². The zero-order valence-electron chi connectivity index (χ0n) is 8.38. The van der Waals surface area contributed by atoms with Crippen molar-refractivity contribution in [2.75, 3.05) is 7.11 Å². The van der Waals surface area contributed by atoms with Gasteiger partial charge < -0.3 is 4.74 Å². The van der Waals surface area contributed by atoms with Gasteiger partial charge in [0.25, 0.3) is 0 Å². The van der Waals surface area contributed by atoms with Crippen molar-refractivity contribution in [3.8, 4) is 0 Å². The highest BCUT2D eigenvalue weighted by molar-refractivity contribution is 8.46. The van der Waals surface area contributed by atoms with Crippen LogP contribution in [0, 0.1) is 0 Å². The van der Waals surface area contributed by atoms with Gasteiger partial charge in [-0.2, -0.15) is 26.3 Å². The molecule has 118 valence electrons.